The molecule has 3 aliphatic rings. The minimum absolute atomic E-state index is 0.136. The first-order chi connectivity index (χ1) is 10.3. The maximum Gasteiger partial charge on any atom is 0.0720 e. The maximum atomic E-state index is 10.4. The lowest BCUT2D eigenvalue weighted by atomic mass is 9.83. The fourth-order valence-electron chi connectivity index (χ4n) is 4.88. The predicted molar refractivity (Wildman–Crippen MR) is 84.3 cm³/mol. The molecule has 3 heteroatoms. The number of fused-ring (bicyclic) bond motifs is 2. The van der Waals surface area contributed by atoms with Crippen molar-refractivity contribution in [2.75, 3.05) is 13.1 Å². The summed E-state index contributed by atoms with van der Waals surface area (Å²) in [5, 5.41) is 13.9. The van der Waals surface area contributed by atoms with Crippen LogP contribution in [0.3, 0.4) is 0 Å². The van der Waals surface area contributed by atoms with E-state index in [-0.39, 0.29) is 6.10 Å². The largest absolute Gasteiger partial charge is 0.391 e. The first-order valence-electron chi connectivity index (χ1n) is 8.54. The van der Waals surface area contributed by atoms with Crippen LogP contribution in [0.15, 0.2) is 30.3 Å². The highest BCUT2D eigenvalue weighted by Crippen LogP contribution is 2.44. The Morgan fingerprint density at radius 3 is 2.38 bits per heavy atom. The van der Waals surface area contributed by atoms with Crippen LogP contribution in [0.25, 0.3) is 0 Å². The molecular formula is C18H26N2O. The van der Waals surface area contributed by atoms with Gasteiger partial charge in [0.25, 0.3) is 0 Å². The van der Waals surface area contributed by atoms with E-state index in [1.54, 1.807) is 0 Å². The van der Waals surface area contributed by atoms with Crippen molar-refractivity contribution in [3.8, 4) is 0 Å². The Kier molecular flexibility index (Phi) is 3.74. The molecule has 3 nitrogen and oxygen atoms in total. The van der Waals surface area contributed by atoms with Crippen LogP contribution < -0.4 is 5.32 Å². The lowest BCUT2D eigenvalue weighted by Gasteiger charge is -2.46. The van der Waals surface area contributed by atoms with E-state index < -0.39 is 0 Å². The quantitative estimate of drug-likeness (QED) is 0.874. The molecule has 3 heterocycles. The summed E-state index contributed by atoms with van der Waals surface area (Å²) in [4.78, 5) is 2.68. The molecule has 0 saturated carbocycles. The van der Waals surface area contributed by atoms with Gasteiger partial charge in [0.2, 0.25) is 0 Å². The third-order valence-electron chi connectivity index (χ3n) is 5.86. The fraction of sp³-hybridized carbons (Fsp3) is 0.667. The van der Waals surface area contributed by atoms with Crippen LogP contribution in [0.2, 0.25) is 0 Å². The van der Waals surface area contributed by atoms with Crippen LogP contribution >= 0.6 is 0 Å². The second-order valence-corrected chi connectivity index (χ2v) is 7.04. The zero-order chi connectivity index (χ0) is 14.2. The van der Waals surface area contributed by atoms with Gasteiger partial charge in [0.05, 0.1) is 6.10 Å². The summed E-state index contributed by atoms with van der Waals surface area (Å²) in [6.07, 6.45) is 5.94. The number of aliphatic hydroxyl groups is 1. The van der Waals surface area contributed by atoms with Crippen molar-refractivity contribution in [2.24, 2.45) is 0 Å². The molecule has 0 radical (unpaired) electrons. The van der Waals surface area contributed by atoms with Crippen molar-refractivity contribution in [1.82, 2.24) is 10.2 Å². The molecule has 1 unspecified atom stereocenters. The van der Waals surface area contributed by atoms with Gasteiger partial charge in [-0.1, -0.05) is 30.3 Å². The van der Waals surface area contributed by atoms with Gasteiger partial charge in [-0.05, 0) is 50.1 Å². The van der Waals surface area contributed by atoms with Gasteiger partial charge >= 0.3 is 0 Å². The number of nitrogens with one attached hydrogen (secondary N) is 1. The third-order valence-corrected chi connectivity index (χ3v) is 5.86. The third kappa shape index (κ3) is 2.52. The summed E-state index contributed by atoms with van der Waals surface area (Å²) >= 11 is 0. The summed E-state index contributed by atoms with van der Waals surface area (Å²) < 4.78 is 0. The summed E-state index contributed by atoms with van der Waals surface area (Å²) in [6, 6.07) is 12.7. The topological polar surface area (TPSA) is 35.5 Å². The van der Waals surface area contributed by atoms with E-state index >= 15 is 0 Å². The highest BCUT2D eigenvalue weighted by Gasteiger charge is 2.46. The van der Waals surface area contributed by atoms with Crippen LogP contribution in [0, 0.1) is 0 Å². The minimum Gasteiger partial charge on any atom is -0.391 e. The summed E-state index contributed by atoms with van der Waals surface area (Å²) in [6.45, 7) is 1.93. The molecule has 3 aliphatic heterocycles. The zero-order valence-electron chi connectivity index (χ0n) is 12.6. The van der Waals surface area contributed by atoms with Gasteiger partial charge in [0.1, 0.15) is 0 Å². The first-order valence-corrected chi connectivity index (χ1v) is 8.54. The highest BCUT2D eigenvalue weighted by molar-refractivity contribution is 5.22. The molecule has 0 spiro atoms. The first kappa shape index (κ1) is 13.7. The molecule has 2 N–H and O–H groups in total. The van der Waals surface area contributed by atoms with E-state index in [9.17, 15) is 5.11 Å². The van der Waals surface area contributed by atoms with E-state index in [0.29, 0.717) is 24.0 Å². The van der Waals surface area contributed by atoms with Crippen molar-refractivity contribution in [1.29, 1.82) is 0 Å². The molecule has 114 valence electrons. The summed E-state index contributed by atoms with van der Waals surface area (Å²) in [5.74, 6) is 0.716. The van der Waals surface area contributed by atoms with E-state index in [4.69, 9.17) is 0 Å². The second kappa shape index (κ2) is 5.71. The Hall–Kier alpha value is -0.900. The Bertz CT molecular complexity index is 463. The van der Waals surface area contributed by atoms with Gasteiger partial charge in [-0.3, -0.25) is 4.90 Å². The molecule has 0 aromatic heterocycles. The van der Waals surface area contributed by atoms with Crippen LogP contribution in [0.5, 0.6) is 0 Å². The molecule has 3 fully saturated rings. The second-order valence-electron chi connectivity index (χ2n) is 7.04. The van der Waals surface area contributed by atoms with Gasteiger partial charge in [0.15, 0.2) is 0 Å². The molecule has 2 bridgehead atoms. The minimum atomic E-state index is -0.136. The molecule has 1 aromatic carbocycles. The van der Waals surface area contributed by atoms with Crippen LogP contribution in [0.1, 0.15) is 43.6 Å². The molecule has 0 aliphatic carbocycles. The number of hydrogen-bond acceptors (Lipinski definition) is 3. The van der Waals surface area contributed by atoms with E-state index in [1.807, 2.05) is 0 Å². The van der Waals surface area contributed by atoms with Gasteiger partial charge < -0.3 is 10.4 Å². The maximum absolute atomic E-state index is 10.4. The number of hydrogen-bond donors (Lipinski definition) is 2. The van der Waals surface area contributed by atoms with E-state index in [0.717, 1.165) is 19.5 Å². The van der Waals surface area contributed by atoms with E-state index in [1.165, 1.54) is 31.2 Å². The molecular weight excluding hydrogens is 260 g/mol. The Labute approximate surface area is 127 Å². The Morgan fingerprint density at radius 1 is 1.00 bits per heavy atom. The molecule has 4 rings (SSSR count). The molecule has 3 saturated heterocycles. The van der Waals surface area contributed by atoms with Crippen LogP contribution in [-0.2, 0) is 0 Å². The predicted octanol–water partition coefficient (Wildman–Crippen LogP) is 2.12. The van der Waals surface area contributed by atoms with Gasteiger partial charge in [-0.15, -0.1) is 0 Å². The zero-order valence-corrected chi connectivity index (χ0v) is 12.6. The molecule has 21 heavy (non-hydrogen) atoms. The Balaban J connectivity index is 1.51. The van der Waals surface area contributed by atoms with Gasteiger partial charge in [0, 0.05) is 24.7 Å². The lowest BCUT2D eigenvalue weighted by molar-refractivity contribution is -0.0162. The number of benzene rings is 1. The molecule has 1 aromatic rings. The number of aliphatic hydroxyl groups excluding tert-OH is 1. The summed E-state index contributed by atoms with van der Waals surface area (Å²) in [5.41, 5.74) is 1.51. The summed E-state index contributed by atoms with van der Waals surface area (Å²) in [7, 11) is 0. The van der Waals surface area contributed by atoms with Crippen LogP contribution in [-0.4, -0.2) is 47.3 Å². The fourth-order valence-corrected chi connectivity index (χ4v) is 4.88. The average Bonchev–Trinajstić information content (AvgIpc) is 2.78. The van der Waals surface area contributed by atoms with Crippen molar-refractivity contribution in [3.63, 3.8) is 0 Å². The molecule has 5 atom stereocenters. The van der Waals surface area contributed by atoms with Crippen molar-refractivity contribution in [3.05, 3.63) is 35.9 Å². The number of rotatable bonds is 2. The average molecular weight is 286 g/mol. The number of piperidine rings is 2. The highest BCUT2D eigenvalue weighted by atomic mass is 16.3. The monoisotopic (exact) mass is 286 g/mol. The van der Waals surface area contributed by atoms with Gasteiger partial charge in [-0.2, -0.15) is 0 Å². The van der Waals surface area contributed by atoms with Crippen molar-refractivity contribution in [2.45, 2.75) is 62.3 Å². The standard InChI is InChI=1S/C18H26N2O/c21-18-8-9-19-12-17(18)20-15-6-7-16(20)11-14(10-15)13-4-2-1-3-5-13/h1-5,14-19,21H,6-12H2/t14?,15-,16+,17-,18-/m0/s1. The van der Waals surface area contributed by atoms with Gasteiger partial charge in [-0.25, -0.2) is 0 Å². The van der Waals surface area contributed by atoms with Crippen molar-refractivity contribution < 1.29 is 5.11 Å². The SMILES string of the molecule is O[C@H]1CCNC[C@@H]1N1[C@@H]2CC[C@H]1CC(c1ccccc1)C2. The molecule has 0 amide bonds. The normalized spacial score (nSPS) is 40.3. The van der Waals surface area contributed by atoms with E-state index in [2.05, 4.69) is 40.5 Å². The van der Waals surface area contributed by atoms with Crippen molar-refractivity contribution >= 4 is 0 Å². The number of nitrogens with zero attached hydrogens (tertiary/aromatic N) is 1. The Morgan fingerprint density at radius 2 is 1.71 bits per heavy atom. The van der Waals surface area contributed by atoms with Crippen LogP contribution in [0.4, 0.5) is 0 Å². The lowest BCUT2D eigenvalue weighted by Crippen LogP contribution is -2.59. The smallest absolute Gasteiger partial charge is 0.0720 e.